The van der Waals surface area contributed by atoms with E-state index in [1.807, 2.05) is 0 Å². The van der Waals surface area contributed by atoms with Crippen molar-refractivity contribution in [3.63, 3.8) is 0 Å². The molecule has 1 rings (SSSR count). The number of hydrogen-bond donors (Lipinski definition) is 2. The number of rotatable bonds is 9. The lowest BCUT2D eigenvalue weighted by atomic mass is 9.80. The number of carbonyl (C=O) groups is 1. The number of methoxy groups -OCH3 is 1. The fraction of sp³-hybridized carbons (Fsp3) is 0.625. The molecule has 0 aliphatic heterocycles. The van der Waals surface area contributed by atoms with Crippen LogP contribution in [0.15, 0.2) is 10.7 Å². The molecule has 0 amide bonds. The zero-order valence-electron chi connectivity index (χ0n) is 13.9. The van der Waals surface area contributed by atoms with Gasteiger partial charge in [0.15, 0.2) is 23.0 Å². The molecule has 0 spiro atoms. The Kier molecular flexibility index (Phi) is 7.44. The number of Topliss-reactive ketones (excluding diaryl/α,β-unsaturated/α-hetero) is 1. The van der Waals surface area contributed by atoms with E-state index >= 15 is 0 Å². The predicted molar refractivity (Wildman–Crippen MR) is 90.1 cm³/mol. The topological polar surface area (TPSA) is 88.9 Å². The Hall–Kier alpha value is -1.18. The first-order valence-corrected chi connectivity index (χ1v) is 8.29. The van der Waals surface area contributed by atoms with Gasteiger partial charge in [0.05, 0.1) is 36.3 Å². The van der Waals surface area contributed by atoms with Gasteiger partial charge in [-0.2, -0.15) is 0 Å². The van der Waals surface area contributed by atoms with Crippen LogP contribution in [0.3, 0.4) is 0 Å². The first-order valence-electron chi connectivity index (χ1n) is 7.50. The lowest BCUT2D eigenvalue weighted by Crippen LogP contribution is -2.40. The molecule has 0 saturated carbocycles. The third-order valence-electron chi connectivity index (χ3n) is 3.70. The summed E-state index contributed by atoms with van der Waals surface area (Å²) in [5.41, 5.74) is -1.14. The Bertz CT molecular complexity index is 548. The zero-order chi connectivity index (χ0) is 17.6. The highest BCUT2D eigenvalue weighted by molar-refractivity contribution is 9.10. The van der Waals surface area contributed by atoms with Gasteiger partial charge in [-0.25, -0.2) is 4.98 Å². The van der Waals surface area contributed by atoms with Crippen LogP contribution in [0, 0.1) is 5.41 Å². The standard InChI is InChI=1S/C16H24BrNO5/c1-5-6-7-23-13-10(17)8-18-12(14(13)22-4)15(21)16(2,3)11(20)9-19/h8,11,19-20H,5-7,9H2,1-4H3. The molecule has 0 aliphatic carbocycles. The van der Waals surface area contributed by atoms with Gasteiger partial charge in [-0.05, 0) is 36.2 Å². The average Bonchev–Trinajstić information content (AvgIpc) is 2.54. The summed E-state index contributed by atoms with van der Waals surface area (Å²) in [4.78, 5) is 16.9. The van der Waals surface area contributed by atoms with Gasteiger partial charge in [0.25, 0.3) is 0 Å². The van der Waals surface area contributed by atoms with Gasteiger partial charge in [-0.15, -0.1) is 0 Å². The van der Waals surface area contributed by atoms with Crippen LogP contribution in [-0.2, 0) is 0 Å². The van der Waals surface area contributed by atoms with E-state index in [1.165, 1.54) is 13.3 Å². The number of ketones is 1. The van der Waals surface area contributed by atoms with E-state index in [-0.39, 0.29) is 11.4 Å². The highest BCUT2D eigenvalue weighted by Gasteiger charge is 2.39. The molecule has 0 aliphatic rings. The molecule has 1 aromatic rings. The number of halogens is 1. The fourth-order valence-electron chi connectivity index (χ4n) is 1.94. The molecule has 0 saturated heterocycles. The van der Waals surface area contributed by atoms with Crippen LogP contribution in [-0.4, -0.2) is 47.4 Å². The van der Waals surface area contributed by atoms with E-state index in [9.17, 15) is 9.90 Å². The van der Waals surface area contributed by atoms with Gasteiger partial charge >= 0.3 is 0 Å². The molecule has 0 bridgehead atoms. The Labute approximate surface area is 145 Å². The minimum atomic E-state index is -1.20. The number of aliphatic hydroxyl groups is 2. The molecule has 2 N–H and O–H groups in total. The molecular formula is C16H24BrNO5. The fourth-order valence-corrected chi connectivity index (χ4v) is 2.34. The molecule has 0 radical (unpaired) electrons. The van der Waals surface area contributed by atoms with Gasteiger partial charge in [-0.3, -0.25) is 4.79 Å². The summed E-state index contributed by atoms with van der Waals surface area (Å²) in [6.45, 7) is 5.13. The summed E-state index contributed by atoms with van der Waals surface area (Å²) in [7, 11) is 1.43. The number of nitrogens with zero attached hydrogens (tertiary/aromatic N) is 1. The predicted octanol–water partition coefficient (Wildman–Crippen LogP) is 2.59. The van der Waals surface area contributed by atoms with Crippen molar-refractivity contribution in [1.29, 1.82) is 0 Å². The molecular weight excluding hydrogens is 366 g/mol. The number of aromatic nitrogens is 1. The summed E-state index contributed by atoms with van der Waals surface area (Å²) in [6, 6.07) is 0. The third-order valence-corrected chi connectivity index (χ3v) is 4.26. The highest BCUT2D eigenvalue weighted by atomic mass is 79.9. The monoisotopic (exact) mass is 389 g/mol. The Morgan fingerprint density at radius 3 is 2.61 bits per heavy atom. The van der Waals surface area contributed by atoms with Crippen LogP contribution >= 0.6 is 15.9 Å². The smallest absolute Gasteiger partial charge is 0.193 e. The average molecular weight is 390 g/mol. The van der Waals surface area contributed by atoms with Gasteiger partial charge in [-0.1, -0.05) is 13.3 Å². The van der Waals surface area contributed by atoms with Crippen molar-refractivity contribution < 1.29 is 24.5 Å². The lowest BCUT2D eigenvalue weighted by Gasteiger charge is -2.28. The lowest BCUT2D eigenvalue weighted by molar-refractivity contribution is 0.00853. The van der Waals surface area contributed by atoms with Gasteiger partial charge in [0, 0.05) is 6.20 Å². The van der Waals surface area contributed by atoms with Crippen LogP contribution in [0.5, 0.6) is 11.5 Å². The van der Waals surface area contributed by atoms with E-state index in [4.69, 9.17) is 14.6 Å². The van der Waals surface area contributed by atoms with Crippen LogP contribution < -0.4 is 9.47 Å². The largest absolute Gasteiger partial charge is 0.491 e. The van der Waals surface area contributed by atoms with E-state index in [0.717, 1.165) is 12.8 Å². The van der Waals surface area contributed by atoms with Crippen LogP contribution in [0.4, 0.5) is 0 Å². The van der Waals surface area contributed by atoms with Gasteiger partial charge in [0.1, 0.15) is 0 Å². The molecule has 1 atom stereocenters. The molecule has 0 aromatic carbocycles. The maximum absolute atomic E-state index is 12.8. The number of ether oxygens (including phenoxy) is 2. The van der Waals surface area contributed by atoms with E-state index in [0.29, 0.717) is 16.8 Å². The number of pyridine rings is 1. The van der Waals surface area contributed by atoms with Crippen molar-refractivity contribution in [3.8, 4) is 11.5 Å². The zero-order valence-corrected chi connectivity index (χ0v) is 15.5. The van der Waals surface area contributed by atoms with Crippen molar-refractivity contribution in [1.82, 2.24) is 4.98 Å². The SMILES string of the molecule is CCCCOc1c(Br)cnc(C(=O)C(C)(C)C(O)CO)c1OC. The molecule has 6 nitrogen and oxygen atoms in total. The van der Waals surface area contributed by atoms with Crippen molar-refractivity contribution >= 4 is 21.7 Å². The molecule has 1 aromatic heterocycles. The number of aliphatic hydroxyl groups excluding tert-OH is 2. The summed E-state index contributed by atoms with van der Waals surface area (Å²) in [5, 5.41) is 19.0. The van der Waals surface area contributed by atoms with E-state index < -0.39 is 23.9 Å². The molecule has 1 unspecified atom stereocenters. The second kappa shape index (κ2) is 8.61. The second-order valence-electron chi connectivity index (χ2n) is 5.77. The van der Waals surface area contributed by atoms with Crippen LogP contribution in [0.25, 0.3) is 0 Å². The summed E-state index contributed by atoms with van der Waals surface area (Å²) < 4.78 is 11.6. The number of unbranched alkanes of at least 4 members (excludes halogenated alkanes) is 1. The van der Waals surface area contributed by atoms with Crippen molar-refractivity contribution in [2.75, 3.05) is 20.3 Å². The molecule has 1 heterocycles. The van der Waals surface area contributed by atoms with Crippen LogP contribution in [0.1, 0.15) is 44.1 Å². The van der Waals surface area contributed by atoms with Crippen LogP contribution in [0.2, 0.25) is 0 Å². The molecule has 7 heteroatoms. The minimum absolute atomic E-state index is 0.0692. The summed E-state index contributed by atoms with van der Waals surface area (Å²) in [5.74, 6) is 0.205. The minimum Gasteiger partial charge on any atom is -0.491 e. The number of hydrogen-bond acceptors (Lipinski definition) is 6. The second-order valence-corrected chi connectivity index (χ2v) is 6.62. The molecule has 23 heavy (non-hydrogen) atoms. The maximum atomic E-state index is 12.8. The Balaban J connectivity index is 3.26. The van der Waals surface area contributed by atoms with E-state index in [2.05, 4.69) is 27.8 Å². The quantitative estimate of drug-likeness (QED) is 0.498. The first kappa shape index (κ1) is 19.9. The molecule has 0 fully saturated rings. The summed E-state index contributed by atoms with van der Waals surface area (Å²) >= 11 is 3.35. The summed E-state index contributed by atoms with van der Waals surface area (Å²) in [6.07, 6.45) is 2.12. The first-order chi connectivity index (χ1) is 10.8. The molecule has 130 valence electrons. The number of carbonyl (C=O) groups excluding carboxylic acids is 1. The highest BCUT2D eigenvalue weighted by Crippen LogP contribution is 2.39. The van der Waals surface area contributed by atoms with Gasteiger partial charge in [0.2, 0.25) is 0 Å². The van der Waals surface area contributed by atoms with Crippen molar-refractivity contribution in [2.24, 2.45) is 5.41 Å². The maximum Gasteiger partial charge on any atom is 0.193 e. The third kappa shape index (κ3) is 4.43. The Morgan fingerprint density at radius 2 is 2.09 bits per heavy atom. The van der Waals surface area contributed by atoms with Crippen molar-refractivity contribution in [2.45, 2.75) is 39.7 Å². The normalized spacial score (nSPS) is 12.8. The Morgan fingerprint density at radius 1 is 1.43 bits per heavy atom. The van der Waals surface area contributed by atoms with Crippen molar-refractivity contribution in [3.05, 3.63) is 16.4 Å². The van der Waals surface area contributed by atoms with E-state index in [1.54, 1.807) is 13.8 Å². The van der Waals surface area contributed by atoms with Gasteiger partial charge < -0.3 is 19.7 Å².